The van der Waals surface area contributed by atoms with Gasteiger partial charge in [0.15, 0.2) is 0 Å². The molecule has 6 nitrogen and oxygen atoms in total. The lowest BCUT2D eigenvalue weighted by molar-refractivity contribution is -0.120. The van der Waals surface area contributed by atoms with Crippen LogP contribution in [0.1, 0.15) is 24.1 Å². The van der Waals surface area contributed by atoms with Crippen molar-refractivity contribution < 1.29 is 14.3 Å². The Morgan fingerprint density at radius 3 is 2.60 bits per heavy atom. The van der Waals surface area contributed by atoms with Crippen LogP contribution < -0.4 is 10.1 Å². The number of carbonyl (C=O) groups is 1. The van der Waals surface area contributed by atoms with E-state index >= 15 is 0 Å². The highest BCUT2D eigenvalue weighted by Gasteiger charge is 2.35. The molecular formula is C28H30ClN3O3. The minimum atomic E-state index is -0.0551. The van der Waals surface area contributed by atoms with Crippen molar-refractivity contribution in [2.75, 3.05) is 26.3 Å². The number of hydrogen-bond acceptors (Lipinski definition) is 5. The predicted octanol–water partition coefficient (Wildman–Crippen LogP) is 4.50. The van der Waals surface area contributed by atoms with Gasteiger partial charge in [-0.3, -0.25) is 14.7 Å². The number of aromatic nitrogens is 1. The minimum Gasteiger partial charge on any atom is -0.490 e. The van der Waals surface area contributed by atoms with Crippen molar-refractivity contribution in [2.45, 2.75) is 38.0 Å². The molecule has 2 heterocycles. The highest BCUT2D eigenvalue weighted by atomic mass is 35.5. The lowest BCUT2D eigenvalue weighted by Crippen LogP contribution is -2.52. The Kier molecular flexibility index (Phi) is 7.62. The Hall–Kier alpha value is -2.93. The van der Waals surface area contributed by atoms with Crippen LogP contribution in [-0.4, -0.2) is 54.2 Å². The lowest BCUT2D eigenvalue weighted by Gasteiger charge is -2.44. The van der Waals surface area contributed by atoms with Crippen molar-refractivity contribution in [1.82, 2.24) is 15.2 Å². The topological polar surface area (TPSA) is 63.7 Å². The summed E-state index contributed by atoms with van der Waals surface area (Å²) in [5.74, 6) is 0.740. The normalized spacial score (nSPS) is 20.1. The molecule has 1 aliphatic carbocycles. The number of rotatable bonds is 8. The number of amides is 1. The highest BCUT2D eigenvalue weighted by Crippen LogP contribution is 2.34. The molecule has 5 rings (SSSR count). The molecule has 3 aromatic rings. The lowest BCUT2D eigenvalue weighted by atomic mass is 9.87. The maximum Gasteiger partial charge on any atom is 0.226 e. The van der Waals surface area contributed by atoms with E-state index in [9.17, 15) is 4.79 Å². The van der Waals surface area contributed by atoms with Gasteiger partial charge in [0.25, 0.3) is 0 Å². The Labute approximate surface area is 211 Å². The average molecular weight is 492 g/mol. The third-order valence-corrected chi connectivity index (χ3v) is 7.00. The molecule has 2 fully saturated rings. The van der Waals surface area contributed by atoms with Crippen molar-refractivity contribution >= 4 is 17.5 Å². The first-order valence-corrected chi connectivity index (χ1v) is 12.6. The van der Waals surface area contributed by atoms with E-state index in [1.54, 1.807) is 6.20 Å². The van der Waals surface area contributed by atoms with E-state index in [2.05, 4.69) is 15.2 Å². The van der Waals surface area contributed by atoms with E-state index in [0.717, 1.165) is 67.3 Å². The van der Waals surface area contributed by atoms with E-state index in [4.69, 9.17) is 21.1 Å². The second kappa shape index (κ2) is 11.2. The molecule has 0 radical (unpaired) electrons. The molecule has 1 N–H and O–H groups in total. The molecule has 1 aliphatic heterocycles. The van der Waals surface area contributed by atoms with Crippen LogP contribution in [0.2, 0.25) is 5.02 Å². The molecule has 1 aromatic heterocycles. The number of halogens is 1. The third-order valence-electron chi connectivity index (χ3n) is 6.69. The number of hydrogen-bond donors (Lipinski definition) is 1. The Balaban J connectivity index is 1.12. The first-order valence-electron chi connectivity index (χ1n) is 12.2. The summed E-state index contributed by atoms with van der Waals surface area (Å²) in [6.07, 6.45) is 4.33. The summed E-state index contributed by atoms with van der Waals surface area (Å²) < 4.78 is 11.6. The predicted molar refractivity (Wildman–Crippen MR) is 137 cm³/mol. The van der Waals surface area contributed by atoms with Gasteiger partial charge in [0, 0.05) is 61.5 Å². The van der Waals surface area contributed by atoms with Crippen LogP contribution in [0.4, 0.5) is 0 Å². The largest absolute Gasteiger partial charge is 0.490 e. The summed E-state index contributed by atoms with van der Waals surface area (Å²) in [5, 5.41) is 3.56. The summed E-state index contributed by atoms with van der Waals surface area (Å²) in [4.78, 5) is 19.2. The zero-order valence-corrected chi connectivity index (χ0v) is 20.4. The number of nitrogens with one attached hydrogen (secondary N) is 1. The molecule has 2 aliphatic rings. The first-order chi connectivity index (χ1) is 17.1. The van der Waals surface area contributed by atoms with Gasteiger partial charge in [-0.25, -0.2) is 0 Å². The maximum absolute atomic E-state index is 12.3. The number of ether oxygens (including phenoxy) is 2. The van der Waals surface area contributed by atoms with Crippen molar-refractivity contribution in [3.63, 3.8) is 0 Å². The zero-order chi connectivity index (χ0) is 24.0. The molecule has 1 saturated carbocycles. The Morgan fingerprint density at radius 1 is 1.09 bits per heavy atom. The third kappa shape index (κ3) is 6.20. The fourth-order valence-electron chi connectivity index (χ4n) is 4.58. The summed E-state index contributed by atoms with van der Waals surface area (Å²) in [6, 6.07) is 20.1. The summed E-state index contributed by atoms with van der Waals surface area (Å²) in [7, 11) is 0. The molecular weight excluding hydrogens is 462 g/mol. The Morgan fingerprint density at radius 2 is 1.89 bits per heavy atom. The van der Waals surface area contributed by atoms with Gasteiger partial charge in [0.1, 0.15) is 11.9 Å². The fourth-order valence-corrected chi connectivity index (χ4v) is 4.86. The minimum absolute atomic E-state index is 0.0551. The number of morpholine rings is 1. The second-order valence-electron chi connectivity index (χ2n) is 9.13. The van der Waals surface area contributed by atoms with E-state index in [1.807, 2.05) is 60.7 Å². The van der Waals surface area contributed by atoms with E-state index < -0.39 is 0 Å². The van der Waals surface area contributed by atoms with E-state index in [0.29, 0.717) is 17.6 Å². The molecule has 0 unspecified atom stereocenters. The van der Waals surface area contributed by atoms with Crippen LogP contribution in [0.5, 0.6) is 5.75 Å². The summed E-state index contributed by atoms with van der Waals surface area (Å²) in [5.41, 5.74) is 3.59. The molecule has 35 heavy (non-hydrogen) atoms. The number of nitrogens with zero attached hydrogens (tertiary/aromatic N) is 2. The van der Waals surface area contributed by atoms with Gasteiger partial charge in [0.2, 0.25) is 5.91 Å². The van der Waals surface area contributed by atoms with Crippen LogP contribution in [-0.2, 0) is 22.5 Å². The van der Waals surface area contributed by atoms with Gasteiger partial charge in [-0.15, -0.1) is 0 Å². The van der Waals surface area contributed by atoms with E-state index in [-0.39, 0.29) is 18.4 Å². The molecule has 7 heteroatoms. The fraction of sp³-hybridized carbons (Fsp3) is 0.357. The SMILES string of the molecule is O=C(Cc1ccc(-c2ccc(OC3CC(N4CCOCC4)C3)cc2Cl)cn1)NCc1ccccc1. The molecule has 0 spiro atoms. The maximum atomic E-state index is 12.3. The molecule has 0 bridgehead atoms. The Bertz CT molecular complexity index is 1130. The molecule has 1 saturated heterocycles. The van der Waals surface area contributed by atoms with Crippen LogP contribution in [0, 0.1) is 0 Å². The van der Waals surface area contributed by atoms with Crippen LogP contribution in [0.25, 0.3) is 11.1 Å². The zero-order valence-electron chi connectivity index (χ0n) is 19.7. The van der Waals surface area contributed by atoms with Crippen molar-refractivity contribution in [1.29, 1.82) is 0 Å². The molecule has 2 aromatic carbocycles. The smallest absolute Gasteiger partial charge is 0.226 e. The monoisotopic (exact) mass is 491 g/mol. The number of carbonyl (C=O) groups excluding carboxylic acids is 1. The molecule has 1 amide bonds. The molecule has 0 atom stereocenters. The van der Waals surface area contributed by atoms with Crippen LogP contribution in [0.3, 0.4) is 0 Å². The van der Waals surface area contributed by atoms with Crippen molar-refractivity contribution in [3.05, 3.63) is 83.1 Å². The number of pyridine rings is 1. The van der Waals surface area contributed by atoms with Crippen molar-refractivity contribution in [3.8, 4) is 16.9 Å². The average Bonchev–Trinajstić information content (AvgIpc) is 2.87. The summed E-state index contributed by atoms with van der Waals surface area (Å²) >= 11 is 6.59. The van der Waals surface area contributed by atoms with Gasteiger partial charge >= 0.3 is 0 Å². The summed E-state index contributed by atoms with van der Waals surface area (Å²) in [6.45, 7) is 4.20. The quantitative estimate of drug-likeness (QED) is 0.502. The highest BCUT2D eigenvalue weighted by molar-refractivity contribution is 6.33. The van der Waals surface area contributed by atoms with Gasteiger partial charge in [-0.1, -0.05) is 48.0 Å². The van der Waals surface area contributed by atoms with Crippen molar-refractivity contribution in [2.24, 2.45) is 0 Å². The van der Waals surface area contributed by atoms with Crippen LogP contribution in [0.15, 0.2) is 66.9 Å². The standard InChI is InChI=1S/C28H30ClN3O3/c29-27-17-24(35-25-15-23(16-25)32-10-12-34-13-11-32)8-9-26(27)21-6-7-22(30-19-21)14-28(33)31-18-20-4-2-1-3-5-20/h1-9,17,19,23,25H,10-16,18H2,(H,31,33). The van der Waals surface area contributed by atoms with Gasteiger partial charge < -0.3 is 14.8 Å². The second-order valence-corrected chi connectivity index (χ2v) is 9.54. The number of benzene rings is 2. The molecule has 182 valence electrons. The van der Waals surface area contributed by atoms with Gasteiger partial charge in [-0.05, 0) is 29.8 Å². The first kappa shape index (κ1) is 23.8. The van der Waals surface area contributed by atoms with Gasteiger partial charge in [-0.2, -0.15) is 0 Å². The van der Waals surface area contributed by atoms with Gasteiger partial charge in [0.05, 0.1) is 24.7 Å². The van der Waals surface area contributed by atoms with Crippen LogP contribution >= 0.6 is 11.6 Å². The van der Waals surface area contributed by atoms with E-state index in [1.165, 1.54) is 0 Å².